The van der Waals surface area contributed by atoms with E-state index in [1.54, 1.807) is 12.1 Å². The molecule has 0 bridgehead atoms. The van der Waals surface area contributed by atoms with E-state index < -0.39 is 16.1 Å². The molecule has 16 heavy (non-hydrogen) atoms. The molecule has 0 unspecified atom stereocenters. The predicted octanol–water partition coefficient (Wildman–Crippen LogP) is 1.06. The number of ether oxygens (including phenoxy) is 1. The molecule has 0 saturated heterocycles. The van der Waals surface area contributed by atoms with E-state index in [-0.39, 0.29) is 12.4 Å². The smallest absolute Gasteiger partial charge is 0.208 e. The minimum absolute atomic E-state index is 0.0821. The fourth-order valence-electron chi connectivity index (χ4n) is 1.27. The van der Waals surface area contributed by atoms with Gasteiger partial charge >= 0.3 is 0 Å². The Kier molecular flexibility index (Phi) is 4.40. The van der Waals surface area contributed by atoms with Gasteiger partial charge in [-0.2, -0.15) is 0 Å². The van der Waals surface area contributed by atoms with Crippen molar-refractivity contribution in [3.8, 4) is 0 Å². The number of sulfonamides is 1. The number of rotatable bonds is 5. The normalized spacial score (nSPS) is 13.7. The molecule has 1 aromatic rings. The Morgan fingerprint density at radius 3 is 2.69 bits per heavy atom. The lowest BCUT2D eigenvalue weighted by molar-refractivity contribution is 0.107. The van der Waals surface area contributed by atoms with Crippen molar-refractivity contribution < 1.29 is 17.5 Å². The highest BCUT2D eigenvalue weighted by Gasteiger charge is 2.13. The molecule has 1 atom stereocenters. The van der Waals surface area contributed by atoms with Crippen LogP contribution in [0.5, 0.6) is 0 Å². The molecule has 0 heterocycles. The Labute approximate surface area is 94.5 Å². The van der Waals surface area contributed by atoms with Gasteiger partial charge in [-0.25, -0.2) is 17.5 Å². The topological polar surface area (TPSA) is 55.4 Å². The fraction of sp³-hybridized carbons (Fsp3) is 0.400. The summed E-state index contributed by atoms with van der Waals surface area (Å²) in [5.41, 5.74) is 0.596. The highest BCUT2D eigenvalue weighted by atomic mass is 32.2. The summed E-state index contributed by atoms with van der Waals surface area (Å²) in [7, 11) is -1.83. The van der Waals surface area contributed by atoms with E-state index in [2.05, 4.69) is 4.72 Å². The summed E-state index contributed by atoms with van der Waals surface area (Å²) < 4.78 is 42.2. The van der Waals surface area contributed by atoms with E-state index in [0.29, 0.717) is 5.56 Å². The van der Waals surface area contributed by atoms with Crippen LogP contribution in [0.4, 0.5) is 4.39 Å². The maximum Gasteiger partial charge on any atom is 0.208 e. The van der Waals surface area contributed by atoms with Crippen molar-refractivity contribution in [1.82, 2.24) is 4.72 Å². The van der Waals surface area contributed by atoms with E-state index in [1.807, 2.05) is 0 Å². The molecule has 0 aliphatic carbocycles. The van der Waals surface area contributed by atoms with Gasteiger partial charge in [0.2, 0.25) is 10.0 Å². The summed E-state index contributed by atoms with van der Waals surface area (Å²) in [4.78, 5) is 0. The van der Waals surface area contributed by atoms with Crippen LogP contribution in [-0.2, 0) is 14.8 Å². The van der Waals surface area contributed by atoms with Gasteiger partial charge < -0.3 is 4.74 Å². The molecule has 1 rings (SSSR count). The van der Waals surface area contributed by atoms with Crippen LogP contribution in [-0.4, -0.2) is 28.3 Å². The standard InChI is InChI=1S/C10H14FNO3S/c1-15-10(7-12-16(2,13)14)8-4-3-5-9(11)6-8/h3-6,10,12H,7H2,1-2H3/t10-/m0/s1. The zero-order chi connectivity index (χ0) is 12.2. The van der Waals surface area contributed by atoms with Gasteiger partial charge in [0.1, 0.15) is 5.82 Å². The molecule has 0 aliphatic rings. The molecule has 0 aliphatic heterocycles. The SMILES string of the molecule is CO[C@@H](CNS(C)(=O)=O)c1cccc(F)c1. The Morgan fingerprint density at radius 2 is 2.19 bits per heavy atom. The number of hydrogen-bond donors (Lipinski definition) is 1. The summed E-state index contributed by atoms with van der Waals surface area (Å²) in [5.74, 6) is -0.376. The highest BCUT2D eigenvalue weighted by Crippen LogP contribution is 2.16. The largest absolute Gasteiger partial charge is 0.375 e. The van der Waals surface area contributed by atoms with E-state index in [0.717, 1.165) is 6.26 Å². The van der Waals surface area contributed by atoms with E-state index in [4.69, 9.17) is 4.74 Å². The summed E-state index contributed by atoms with van der Waals surface area (Å²) in [6.07, 6.45) is 0.566. The lowest BCUT2D eigenvalue weighted by Crippen LogP contribution is -2.28. The third-order valence-electron chi connectivity index (χ3n) is 2.04. The minimum Gasteiger partial charge on any atom is -0.375 e. The predicted molar refractivity (Wildman–Crippen MR) is 59.0 cm³/mol. The number of halogens is 1. The molecule has 90 valence electrons. The van der Waals surface area contributed by atoms with Crippen LogP contribution in [0.15, 0.2) is 24.3 Å². The number of hydrogen-bond acceptors (Lipinski definition) is 3. The van der Waals surface area contributed by atoms with Gasteiger partial charge in [-0.3, -0.25) is 0 Å². The quantitative estimate of drug-likeness (QED) is 0.846. The first-order valence-electron chi connectivity index (χ1n) is 4.65. The monoisotopic (exact) mass is 247 g/mol. The van der Waals surface area contributed by atoms with Crippen LogP contribution in [0, 0.1) is 5.82 Å². The van der Waals surface area contributed by atoms with Gasteiger partial charge in [-0.05, 0) is 17.7 Å². The Morgan fingerprint density at radius 1 is 1.50 bits per heavy atom. The summed E-state index contributed by atoms with van der Waals surface area (Å²) in [6.45, 7) is 0.0821. The zero-order valence-corrected chi connectivity index (χ0v) is 9.92. The van der Waals surface area contributed by atoms with E-state index in [1.165, 1.54) is 19.2 Å². The van der Waals surface area contributed by atoms with Crippen LogP contribution in [0.25, 0.3) is 0 Å². The van der Waals surface area contributed by atoms with Gasteiger partial charge in [0.15, 0.2) is 0 Å². The minimum atomic E-state index is -3.27. The van der Waals surface area contributed by atoms with Crippen molar-refractivity contribution in [3.05, 3.63) is 35.6 Å². The van der Waals surface area contributed by atoms with Crippen molar-refractivity contribution >= 4 is 10.0 Å². The molecule has 0 spiro atoms. The second-order valence-electron chi connectivity index (χ2n) is 3.40. The van der Waals surface area contributed by atoms with Crippen LogP contribution >= 0.6 is 0 Å². The van der Waals surface area contributed by atoms with Crippen LogP contribution in [0.3, 0.4) is 0 Å². The van der Waals surface area contributed by atoms with Crippen molar-refractivity contribution in [2.24, 2.45) is 0 Å². The van der Waals surface area contributed by atoms with E-state index >= 15 is 0 Å². The molecular weight excluding hydrogens is 233 g/mol. The molecule has 0 amide bonds. The average molecular weight is 247 g/mol. The van der Waals surface area contributed by atoms with Crippen LogP contribution < -0.4 is 4.72 Å². The first kappa shape index (κ1) is 13.1. The summed E-state index contributed by atoms with van der Waals surface area (Å²) in [6, 6.07) is 5.87. The van der Waals surface area contributed by atoms with Crippen molar-refractivity contribution in [2.75, 3.05) is 19.9 Å². The third-order valence-corrected chi connectivity index (χ3v) is 2.73. The zero-order valence-electron chi connectivity index (χ0n) is 9.10. The number of nitrogens with one attached hydrogen (secondary N) is 1. The molecule has 0 aromatic heterocycles. The Hall–Kier alpha value is -0.980. The van der Waals surface area contributed by atoms with Crippen LogP contribution in [0.1, 0.15) is 11.7 Å². The first-order chi connectivity index (χ1) is 7.42. The number of methoxy groups -OCH3 is 1. The molecule has 1 N–H and O–H groups in total. The lowest BCUT2D eigenvalue weighted by Gasteiger charge is -2.15. The highest BCUT2D eigenvalue weighted by molar-refractivity contribution is 7.88. The average Bonchev–Trinajstić information content (AvgIpc) is 2.17. The Balaban J connectivity index is 2.75. The molecule has 4 nitrogen and oxygen atoms in total. The maximum absolute atomic E-state index is 12.9. The number of benzene rings is 1. The van der Waals surface area contributed by atoms with Gasteiger partial charge in [0.05, 0.1) is 12.4 Å². The second kappa shape index (κ2) is 5.38. The molecule has 0 saturated carbocycles. The molecule has 1 aromatic carbocycles. The van der Waals surface area contributed by atoms with Gasteiger partial charge in [0, 0.05) is 13.7 Å². The van der Waals surface area contributed by atoms with Crippen molar-refractivity contribution in [1.29, 1.82) is 0 Å². The fourth-order valence-corrected chi connectivity index (χ4v) is 1.73. The lowest BCUT2D eigenvalue weighted by atomic mass is 10.1. The maximum atomic E-state index is 12.9. The summed E-state index contributed by atoms with van der Waals surface area (Å²) in [5, 5.41) is 0. The van der Waals surface area contributed by atoms with Crippen LogP contribution in [0.2, 0.25) is 0 Å². The van der Waals surface area contributed by atoms with E-state index in [9.17, 15) is 12.8 Å². The summed E-state index contributed by atoms with van der Waals surface area (Å²) >= 11 is 0. The third kappa shape index (κ3) is 4.26. The van der Waals surface area contributed by atoms with Crippen molar-refractivity contribution in [3.63, 3.8) is 0 Å². The van der Waals surface area contributed by atoms with Gasteiger partial charge in [-0.15, -0.1) is 0 Å². The second-order valence-corrected chi connectivity index (χ2v) is 5.23. The Bertz CT molecular complexity index is 447. The first-order valence-corrected chi connectivity index (χ1v) is 6.54. The molecular formula is C10H14FNO3S. The molecule has 0 fully saturated rings. The van der Waals surface area contributed by atoms with Gasteiger partial charge in [0.25, 0.3) is 0 Å². The van der Waals surface area contributed by atoms with Crippen molar-refractivity contribution in [2.45, 2.75) is 6.10 Å². The molecule has 6 heteroatoms. The van der Waals surface area contributed by atoms with Gasteiger partial charge in [-0.1, -0.05) is 12.1 Å². The molecule has 0 radical (unpaired) electrons.